The first-order chi connectivity index (χ1) is 10.1. The summed E-state index contributed by atoms with van der Waals surface area (Å²) in [6.07, 6.45) is 1.07. The molecule has 1 saturated heterocycles. The zero-order valence-corrected chi connectivity index (χ0v) is 12.0. The number of aliphatic carboxylic acids is 1. The molecule has 0 bridgehead atoms. The molecule has 0 aromatic heterocycles. The van der Waals surface area contributed by atoms with Crippen molar-refractivity contribution in [1.82, 2.24) is 4.90 Å². The Kier molecular flexibility index (Phi) is 3.35. The molecule has 1 aromatic rings. The lowest BCUT2D eigenvalue weighted by molar-refractivity contribution is -0.148. The van der Waals surface area contributed by atoms with Gasteiger partial charge in [-0.1, -0.05) is 25.1 Å². The molecule has 112 valence electrons. The highest BCUT2D eigenvalue weighted by Gasteiger charge is 2.46. The van der Waals surface area contributed by atoms with Gasteiger partial charge in [-0.3, -0.25) is 9.59 Å². The van der Waals surface area contributed by atoms with Crippen LogP contribution in [0.3, 0.4) is 0 Å². The number of para-hydroxylation sites is 1. The van der Waals surface area contributed by atoms with Crippen LogP contribution in [0.5, 0.6) is 5.75 Å². The molecule has 1 aromatic carbocycles. The van der Waals surface area contributed by atoms with Gasteiger partial charge in [-0.15, -0.1) is 0 Å². The van der Waals surface area contributed by atoms with Gasteiger partial charge in [-0.05, 0) is 18.9 Å². The largest absolute Gasteiger partial charge is 0.492 e. The van der Waals surface area contributed by atoms with Crippen LogP contribution in [0.15, 0.2) is 24.3 Å². The van der Waals surface area contributed by atoms with Crippen molar-refractivity contribution in [2.75, 3.05) is 19.7 Å². The number of nitrogens with zero attached hydrogens (tertiary/aromatic N) is 1. The molecule has 1 amide bonds. The number of hydrogen-bond donors (Lipinski definition) is 1. The normalized spacial score (nSPS) is 27.3. The summed E-state index contributed by atoms with van der Waals surface area (Å²) in [4.78, 5) is 25.9. The highest BCUT2D eigenvalue weighted by molar-refractivity contribution is 5.87. The van der Waals surface area contributed by atoms with Crippen LogP contribution in [-0.2, 0) is 9.59 Å². The first-order valence-electron chi connectivity index (χ1n) is 7.31. The molecular weight excluding hydrogens is 270 g/mol. The second-order valence-electron chi connectivity index (χ2n) is 5.85. The van der Waals surface area contributed by atoms with Crippen LogP contribution in [0, 0.1) is 5.41 Å². The highest BCUT2D eigenvalue weighted by Crippen LogP contribution is 2.39. The van der Waals surface area contributed by atoms with Gasteiger partial charge in [0.1, 0.15) is 18.3 Å². The third-order valence-electron chi connectivity index (χ3n) is 4.79. The summed E-state index contributed by atoms with van der Waals surface area (Å²) in [5.74, 6) is -0.363. The van der Waals surface area contributed by atoms with E-state index in [2.05, 4.69) is 0 Å². The average molecular weight is 289 g/mol. The van der Waals surface area contributed by atoms with E-state index < -0.39 is 11.4 Å². The van der Waals surface area contributed by atoms with Crippen LogP contribution in [0.4, 0.5) is 0 Å². The van der Waals surface area contributed by atoms with Gasteiger partial charge in [0, 0.05) is 18.7 Å². The molecule has 1 fully saturated rings. The van der Waals surface area contributed by atoms with E-state index in [1.54, 1.807) is 4.90 Å². The number of fused-ring (bicyclic) bond motifs is 1. The molecule has 0 spiro atoms. The minimum absolute atomic E-state index is 0.0171. The van der Waals surface area contributed by atoms with Crippen molar-refractivity contribution < 1.29 is 19.4 Å². The summed E-state index contributed by atoms with van der Waals surface area (Å²) in [7, 11) is 0. The van der Waals surface area contributed by atoms with E-state index in [0.29, 0.717) is 32.5 Å². The number of carbonyl (C=O) groups is 2. The van der Waals surface area contributed by atoms with Gasteiger partial charge < -0.3 is 14.7 Å². The lowest BCUT2D eigenvalue weighted by Crippen LogP contribution is -2.38. The Morgan fingerprint density at radius 3 is 2.86 bits per heavy atom. The minimum Gasteiger partial charge on any atom is -0.492 e. The first-order valence-corrected chi connectivity index (χ1v) is 7.31. The summed E-state index contributed by atoms with van der Waals surface area (Å²) >= 11 is 0. The van der Waals surface area contributed by atoms with Crippen molar-refractivity contribution in [2.45, 2.75) is 25.7 Å². The second-order valence-corrected chi connectivity index (χ2v) is 5.85. The SMILES string of the molecule is CCC1(C(=O)O)CCN(C(=O)C2COc3ccccc32)C1. The summed E-state index contributed by atoms with van der Waals surface area (Å²) in [5.41, 5.74) is 0.126. The number of amides is 1. The zero-order valence-electron chi connectivity index (χ0n) is 12.0. The quantitative estimate of drug-likeness (QED) is 0.922. The fraction of sp³-hybridized carbons (Fsp3) is 0.500. The highest BCUT2D eigenvalue weighted by atomic mass is 16.5. The molecular formula is C16H19NO4. The van der Waals surface area contributed by atoms with E-state index in [1.807, 2.05) is 31.2 Å². The van der Waals surface area contributed by atoms with Gasteiger partial charge in [0.05, 0.1) is 5.41 Å². The van der Waals surface area contributed by atoms with Crippen molar-refractivity contribution in [3.8, 4) is 5.75 Å². The van der Waals surface area contributed by atoms with Crippen molar-refractivity contribution >= 4 is 11.9 Å². The molecule has 5 nitrogen and oxygen atoms in total. The van der Waals surface area contributed by atoms with Crippen LogP contribution in [0.25, 0.3) is 0 Å². The monoisotopic (exact) mass is 289 g/mol. The van der Waals surface area contributed by atoms with E-state index in [4.69, 9.17) is 4.74 Å². The van der Waals surface area contributed by atoms with Gasteiger partial charge in [0.2, 0.25) is 5.91 Å². The van der Waals surface area contributed by atoms with Gasteiger partial charge in [0.15, 0.2) is 0 Å². The fourth-order valence-electron chi connectivity index (χ4n) is 3.26. The number of ether oxygens (including phenoxy) is 1. The topological polar surface area (TPSA) is 66.8 Å². The smallest absolute Gasteiger partial charge is 0.311 e. The Hall–Kier alpha value is -2.04. The Bertz CT molecular complexity index is 585. The summed E-state index contributed by atoms with van der Waals surface area (Å²) in [6, 6.07) is 7.55. The maximum atomic E-state index is 12.7. The molecule has 5 heteroatoms. The average Bonchev–Trinajstić information content (AvgIpc) is 3.12. The van der Waals surface area contributed by atoms with Crippen molar-refractivity contribution in [1.29, 1.82) is 0 Å². The first kappa shape index (κ1) is 13.9. The van der Waals surface area contributed by atoms with Crippen LogP contribution in [0.1, 0.15) is 31.2 Å². The van der Waals surface area contributed by atoms with E-state index in [0.717, 1.165) is 11.3 Å². The predicted molar refractivity (Wildman–Crippen MR) is 76.2 cm³/mol. The number of carboxylic acid groups (broad SMARTS) is 1. The number of carboxylic acids is 1. The molecule has 0 saturated carbocycles. The number of hydrogen-bond acceptors (Lipinski definition) is 3. The van der Waals surface area contributed by atoms with Crippen molar-refractivity contribution in [3.05, 3.63) is 29.8 Å². The molecule has 21 heavy (non-hydrogen) atoms. The maximum absolute atomic E-state index is 12.7. The fourth-order valence-corrected chi connectivity index (χ4v) is 3.26. The van der Waals surface area contributed by atoms with Gasteiger partial charge in [-0.2, -0.15) is 0 Å². The maximum Gasteiger partial charge on any atom is 0.311 e. The third kappa shape index (κ3) is 2.17. The van der Waals surface area contributed by atoms with Crippen molar-refractivity contribution in [2.24, 2.45) is 5.41 Å². The number of rotatable bonds is 3. The summed E-state index contributed by atoms with van der Waals surface area (Å²) in [5, 5.41) is 9.42. The molecule has 3 rings (SSSR count). The molecule has 2 aliphatic rings. The van der Waals surface area contributed by atoms with Gasteiger partial charge in [0.25, 0.3) is 0 Å². The molecule has 2 atom stereocenters. The lowest BCUT2D eigenvalue weighted by atomic mass is 9.84. The number of likely N-dealkylation sites (tertiary alicyclic amines) is 1. The van der Waals surface area contributed by atoms with Crippen molar-refractivity contribution in [3.63, 3.8) is 0 Å². The minimum atomic E-state index is -0.802. The zero-order chi connectivity index (χ0) is 15.0. The molecule has 2 unspecified atom stereocenters. The second kappa shape index (κ2) is 5.06. The van der Waals surface area contributed by atoms with Gasteiger partial charge >= 0.3 is 5.97 Å². The lowest BCUT2D eigenvalue weighted by Gasteiger charge is -2.24. The Morgan fingerprint density at radius 1 is 1.43 bits per heavy atom. The number of carbonyl (C=O) groups excluding carboxylic acids is 1. The van der Waals surface area contributed by atoms with Crippen LogP contribution < -0.4 is 4.74 Å². The van der Waals surface area contributed by atoms with E-state index in [1.165, 1.54) is 0 Å². The van der Waals surface area contributed by atoms with Crippen LogP contribution >= 0.6 is 0 Å². The molecule has 1 N–H and O–H groups in total. The van der Waals surface area contributed by atoms with Gasteiger partial charge in [-0.25, -0.2) is 0 Å². The van der Waals surface area contributed by atoms with E-state index in [9.17, 15) is 14.7 Å². The third-order valence-corrected chi connectivity index (χ3v) is 4.79. The molecule has 0 radical (unpaired) electrons. The Morgan fingerprint density at radius 2 is 2.19 bits per heavy atom. The van der Waals surface area contributed by atoms with Crippen LogP contribution in [-0.4, -0.2) is 41.6 Å². The van der Waals surface area contributed by atoms with Crippen LogP contribution in [0.2, 0.25) is 0 Å². The van der Waals surface area contributed by atoms with E-state index in [-0.39, 0.29) is 11.8 Å². The Balaban J connectivity index is 1.78. The Labute approximate surface area is 123 Å². The van der Waals surface area contributed by atoms with E-state index >= 15 is 0 Å². The summed E-state index contributed by atoms with van der Waals surface area (Å²) < 4.78 is 5.55. The standard InChI is InChI=1S/C16H19NO4/c1-2-16(15(19)20)7-8-17(10-16)14(18)12-9-21-13-6-4-3-5-11(12)13/h3-6,12H,2,7-10H2,1H3,(H,19,20). The molecule has 2 heterocycles. The predicted octanol–water partition coefficient (Wildman–Crippen LogP) is 1.88. The summed E-state index contributed by atoms with van der Waals surface area (Å²) in [6.45, 7) is 3.03. The number of benzene rings is 1. The molecule has 2 aliphatic heterocycles. The molecule has 0 aliphatic carbocycles.